The molecule has 0 spiro atoms. The van der Waals surface area contributed by atoms with E-state index in [-0.39, 0.29) is 12.2 Å². The van der Waals surface area contributed by atoms with Gasteiger partial charge in [0.25, 0.3) is 0 Å². The first-order chi connectivity index (χ1) is 9.33. The maximum atomic E-state index is 10.3. The Labute approximate surface area is 115 Å². The molecular formula is C17H24O2. The van der Waals surface area contributed by atoms with Crippen LogP contribution in [0, 0.1) is 11.8 Å². The summed E-state index contributed by atoms with van der Waals surface area (Å²) in [7, 11) is 0. The van der Waals surface area contributed by atoms with Crippen molar-refractivity contribution < 1.29 is 9.84 Å². The molecule has 0 heterocycles. The van der Waals surface area contributed by atoms with Gasteiger partial charge in [-0.3, -0.25) is 0 Å². The number of ether oxygens (including phenoxy) is 1. The van der Waals surface area contributed by atoms with Crippen LogP contribution in [0.15, 0.2) is 30.3 Å². The smallest absolute Gasteiger partial charge is 0.119 e. The zero-order valence-electron chi connectivity index (χ0n) is 11.5. The molecule has 0 saturated heterocycles. The number of hydrogen-bond acceptors (Lipinski definition) is 2. The van der Waals surface area contributed by atoms with E-state index in [1.165, 1.54) is 32.1 Å². The monoisotopic (exact) mass is 260 g/mol. The zero-order chi connectivity index (χ0) is 13.1. The summed E-state index contributed by atoms with van der Waals surface area (Å²) < 4.78 is 6.21. The highest BCUT2D eigenvalue weighted by molar-refractivity contribution is 5.21. The lowest BCUT2D eigenvalue weighted by atomic mass is 9.84. The number of hydrogen-bond donors (Lipinski definition) is 1. The molecule has 0 amide bonds. The van der Waals surface area contributed by atoms with Gasteiger partial charge in [0, 0.05) is 0 Å². The van der Waals surface area contributed by atoms with Gasteiger partial charge in [-0.2, -0.15) is 0 Å². The molecule has 2 saturated carbocycles. The van der Waals surface area contributed by atoms with Gasteiger partial charge >= 0.3 is 0 Å². The third-order valence-corrected chi connectivity index (χ3v) is 4.91. The quantitative estimate of drug-likeness (QED) is 0.876. The predicted octanol–water partition coefficient (Wildman–Crippen LogP) is 3.79. The fourth-order valence-corrected chi connectivity index (χ4v) is 3.75. The lowest BCUT2D eigenvalue weighted by Crippen LogP contribution is -2.31. The Hall–Kier alpha value is -1.02. The van der Waals surface area contributed by atoms with E-state index in [0.717, 1.165) is 18.6 Å². The molecule has 2 heteroatoms. The molecule has 1 N–H and O–H groups in total. The van der Waals surface area contributed by atoms with E-state index in [0.29, 0.717) is 11.8 Å². The minimum Gasteiger partial charge on any atom is -0.490 e. The lowest BCUT2D eigenvalue weighted by molar-refractivity contribution is 0.0427. The Balaban J connectivity index is 1.72. The molecule has 2 nitrogen and oxygen atoms in total. The molecule has 3 rings (SSSR count). The lowest BCUT2D eigenvalue weighted by Gasteiger charge is -2.31. The van der Waals surface area contributed by atoms with Crippen molar-refractivity contribution in [1.82, 2.24) is 0 Å². The number of para-hydroxylation sites is 1. The summed E-state index contributed by atoms with van der Waals surface area (Å²) >= 11 is 0. The number of fused-ring (bicyclic) bond motifs is 3. The van der Waals surface area contributed by atoms with Gasteiger partial charge in [0.2, 0.25) is 0 Å². The van der Waals surface area contributed by atoms with E-state index >= 15 is 0 Å². The normalized spacial score (nSPS) is 35.2. The topological polar surface area (TPSA) is 29.5 Å². The van der Waals surface area contributed by atoms with E-state index in [9.17, 15) is 5.11 Å². The number of aliphatic hydroxyl groups is 1. The highest BCUT2D eigenvalue weighted by Crippen LogP contribution is 2.37. The van der Waals surface area contributed by atoms with E-state index < -0.39 is 0 Å². The van der Waals surface area contributed by atoms with Crippen LogP contribution < -0.4 is 4.74 Å². The Morgan fingerprint density at radius 1 is 0.842 bits per heavy atom. The molecular weight excluding hydrogens is 236 g/mol. The average molecular weight is 260 g/mol. The van der Waals surface area contributed by atoms with Gasteiger partial charge in [-0.15, -0.1) is 0 Å². The first-order valence-corrected chi connectivity index (χ1v) is 7.72. The van der Waals surface area contributed by atoms with Crippen LogP contribution in [-0.2, 0) is 0 Å². The molecule has 0 aliphatic heterocycles. The SMILES string of the molecule is OC1CCC(Oc2ccccc2)C2CCCC1CC2. The summed E-state index contributed by atoms with van der Waals surface area (Å²) in [6, 6.07) is 10.1. The Bertz CT molecular complexity index is 390. The van der Waals surface area contributed by atoms with Gasteiger partial charge < -0.3 is 9.84 Å². The van der Waals surface area contributed by atoms with Crippen molar-refractivity contribution in [2.24, 2.45) is 11.8 Å². The number of aliphatic hydroxyl groups excluding tert-OH is 1. The molecule has 19 heavy (non-hydrogen) atoms. The molecule has 4 unspecified atom stereocenters. The summed E-state index contributed by atoms with van der Waals surface area (Å²) in [5, 5.41) is 10.3. The van der Waals surface area contributed by atoms with E-state index in [4.69, 9.17) is 4.74 Å². The van der Waals surface area contributed by atoms with Crippen LogP contribution in [0.3, 0.4) is 0 Å². The van der Waals surface area contributed by atoms with Gasteiger partial charge in [0.05, 0.1) is 6.10 Å². The second kappa shape index (κ2) is 5.96. The van der Waals surface area contributed by atoms with Crippen molar-refractivity contribution in [2.75, 3.05) is 0 Å². The molecule has 0 radical (unpaired) electrons. The van der Waals surface area contributed by atoms with Gasteiger partial charge in [-0.25, -0.2) is 0 Å². The summed E-state index contributed by atoms with van der Waals surface area (Å²) in [5.41, 5.74) is 0. The van der Waals surface area contributed by atoms with Crippen molar-refractivity contribution in [3.63, 3.8) is 0 Å². The molecule has 0 aromatic heterocycles. The van der Waals surface area contributed by atoms with E-state index in [1.807, 2.05) is 30.3 Å². The van der Waals surface area contributed by atoms with Gasteiger partial charge in [-0.1, -0.05) is 24.6 Å². The van der Waals surface area contributed by atoms with Gasteiger partial charge in [0.15, 0.2) is 0 Å². The highest BCUT2D eigenvalue weighted by Gasteiger charge is 2.33. The fraction of sp³-hybridized carbons (Fsp3) is 0.647. The molecule has 2 aliphatic carbocycles. The molecule has 2 fully saturated rings. The highest BCUT2D eigenvalue weighted by atomic mass is 16.5. The van der Waals surface area contributed by atoms with Crippen molar-refractivity contribution in [2.45, 2.75) is 57.2 Å². The fourth-order valence-electron chi connectivity index (χ4n) is 3.75. The summed E-state index contributed by atoms with van der Waals surface area (Å²) in [6.07, 6.45) is 8.20. The Kier molecular flexibility index (Phi) is 4.07. The second-order valence-corrected chi connectivity index (χ2v) is 6.14. The van der Waals surface area contributed by atoms with Crippen LogP contribution in [0.1, 0.15) is 44.9 Å². The largest absolute Gasteiger partial charge is 0.490 e. The molecule has 1 aromatic rings. The van der Waals surface area contributed by atoms with E-state index in [1.54, 1.807) is 0 Å². The molecule has 4 atom stereocenters. The third-order valence-electron chi connectivity index (χ3n) is 4.91. The summed E-state index contributed by atoms with van der Waals surface area (Å²) in [6.45, 7) is 0. The maximum absolute atomic E-state index is 10.3. The van der Waals surface area contributed by atoms with Crippen LogP contribution in [-0.4, -0.2) is 17.3 Å². The summed E-state index contributed by atoms with van der Waals surface area (Å²) in [5.74, 6) is 2.20. The van der Waals surface area contributed by atoms with Crippen LogP contribution in [0.2, 0.25) is 0 Å². The zero-order valence-corrected chi connectivity index (χ0v) is 11.5. The first kappa shape index (κ1) is 13.0. The van der Waals surface area contributed by atoms with Crippen LogP contribution in [0.25, 0.3) is 0 Å². The van der Waals surface area contributed by atoms with Crippen molar-refractivity contribution >= 4 is 0 Å². The van der Waals surface area contributed by atoms with Crippen molar-refractivity contribution in [1.29, 1.82) is 0 Å². The van der Waals surface area contributed by atoms with Crippen molar-refractivity contribution in [3.8, 4) is 5.75 Å². The minimum absolute atomic E-state index is 0.110. The predicted molar refractivity (Wildman–Crippen MR) is 76.2 cm³/mol. The average Bonchev–Trinajstić information content (AvgIpc) is 2.66. The number of benzene rings is 1. The molecule has 2 bridgehead atoms. The van der Waals surface area contributed by atoms with Crippen LogP contribution >= 0.6 is 0 Å². The Morgan fingerprint density at radius 3 is 2.42 bits per heavy atom. The maximum Gasteiger partial charge on any atom is 0.119 e. The number of rotatable bonds is 2. The molecule has 1 aromatic carbocycles. The second-order valence-electron chi connectivity index (χ2n) is 6.14. The van der Waals surface area contributed by atoms with Crippen LogP contribution in [0.4, 0.5) is 0 Å². The van der Waals surface area contributed by atoms with Gasteiger partial charge in [0.1, 0.15) is 11.9 Å². The minimum atomic E-state index is -0.110. The van der Waals surface area contributed by atoms with Crippen LogP contribution in [0.5, 0.6) is 5.75 Å². The first-order valence-electron chi connectivity index (χ1n) is 7.72. The standard InChI is InChI=1S/C17H24O2/c18-16-11-12-17(19-15-7-2-1-3-8-15)14-6-4-5-13(16)9-10-14/h1-3,7-8,13-14,16-18H,4-6,9-12H2. The molecule has 104 valence electrons. The third kappa shape index (κ3) is 3.11. The molecule has 2 aliphatic rings. The van der Waals surface area contributed by atoms with Gasteiger partial charge in [-0.05, 0) is 62.5 Å². The summed E-state index contributed by atoms with van der Waals surface area (Å²) in [4.78, 5) is 0. The van der Waals surface area contributed by atoms with E-state index in [2.05, 4.69) is 0 Å². The Morgan fingerprint density at radius 2 is 1.58 bits per heavy atom. The van der Waals surface area contributed by atoms with Crippen molar-refractivity contribution in [3.05, 3.63) is 30.3 Å².